The van der Waals surface area contributed by atoms with Gasteiger partial charge in [-0.1, -0.05) is 12.8 Å². The van der Waals surface area contributed by atoms with Crippen molar-refractivity contribution in [1.82, 2.24) is 10.3 Å². The Labute approximate surface area is 116 Å². The number of rotatable bonds is 6. The second kappa shape index (κ2) is 5.91. The van der Waals surface area contributed by atoms with E-state index >= 15 is 0 Å². The van der Waals surface area contributed by atoms with Gasteiger partial charge >= 0.3 is 0 Å². The van der Waals surface area contributed by atoms with Crippen LogP contribution in [0.2, 0.25) is 0 Å². The van der Waals surface area contributed by atoms with Gasteiger partial charge in [-0.3, -0.25) is 4.98 Å². The maximum Gasteiger partial charge on any atom is 0.142 e. The van der Waals surface area contributed by atoms with Crippen molar-refractivity contribution >= 4 is 0 Å². The highest BCUT2D eigenvalue weighted by molar-refractivity contribution is 5.29. The summed E-state index contributed by atoms with van der Waals surface area (Å²) < 4.78 is 5.91. The molecular weight excluding hydrogens is 236 g/mol. The molecule has 0 spiro atoms. The number of pyridine rings is 1. The lowest BCUT2D eigenvalue weighted by Gasteiger charge is -2.21. The lowest BCUT2D eigenvalue weighted by Crippen LogP contribution is -2.35. The molecule has 1 aromatic rings. The largest absolute Gasteiger partial charge is 0.492 e. The normalized spacial score (nSPS) is 15.6. The molecule has 0 saturated heterocycles. The first-order valence-corrected chi connectivity index (χ1v) is 7.28. The molecule has 0 aromatic carbocycles. The van der Waals surface area contributed by atoms with Crippen LogP contribution >= 0.6 is 0 Å². The van der Waals surface area contributed by atoms with E-state index in [9.17, 15) is 0 Å². The first-order valence-electron chi connectivity index (χ1n) is 7.28. The number of hydrogen-bond acceptors (Lipinski definition) is 3. The molecular formula is C16H26N2O. The molecule has 1 fully saturated rings. The molecule has 1 aliphatic rings. The summed E-state index contributed by atoms with van der Waals surface area (Å²) in [5.41, 5.74) is 2.16. The zero-order valence-corrected chi connectivity index (χ0v) is 12.6. The van der Waals surface area contributed by atoms with E-state index in [2.05, 4.69) is 37.1 Å². The van der Waals surface area contributed by atoms with Crippen molar-refractivity contribution in [1.29, 1.82) is 0 Å². The number of nitrogens with zero attached hydrogens (tertiary/aromatic N) is 1. The van der Waals surface area contributed by atoms with Crippen molar-refractivity contribution in [3.8, 4) is 5.75 Å². The van der Waals surface area contributed by atoms with E-state index < -0.39 is 0 Å². The smallest absolute Gasteiger partial charge is 0.142 e. The lowest BCUT2D eigenvalue weighted by molar-refractivity contribution is 0.295. The zero-order chi connectivity index (χ0) is 13.9. The minimum atomic E-state index is 0.0940. The fraction of sp³-hybridized carbons (Fsp3) is 0.688. The third kappa shape index (κ3) is 5.19. The van der Waals surface area contributed by atoms with Crippen molar-refractivity contribution < 1.29 is 4.74 Å². The summed E-state index contributed by atoms with van der Waals surface area (Å²) in [5.74, 6) is 1.84. The van der Waals surface area contributed by atoms with Gasteiger partial charge in [0.05, 0.1) is 12.3 Å². The summed E-state index contributed by atoms with van der Waals surface area (Å²) in [6, 6.07) is 4.07. The standard InChI is InChI=1S/C16H26N2O/c1-12-5-8-15(19-10-9-13-6-7-13)14(18-12)11-17-16(2,3)4/h5,8,13,17H,6-7,9-11H2,1-4H3. The fourth-order valence-electron chi connectivity index (χ4n) is 1.95. The Hall–Kier alpha value is -1.09. The summed E-state index contributed by atoms with van der Waals surface area (Å²) in [6.45, 7) is 10.1. The number of aromatic nitrogens is 1. The molecule has 0 unspecified atom stereocenters. The summed E-state index contributed by atoms with van der Waals surface area (Å²) in [5, 5.41) is 3.47. The van der Waals surface area contributed by atoms with Crippen LogP contribution in [0.5, 0.6) is 5.75 Å². The second-order valence-corrected chi connectivity index (χ2v) is 6.58. The van der Waals surface area contributed by atoms with Crippen molar-refractivity contribution in [3.05, 3.63) is 23.5 Å². The first kappa shape index (κ1) is 14.3. The number of ether oxygens (including phenoxy) is 1. The van der Waals surface area contributed by atoms with Gasteiger partial charge in [0.1, 0.15) is 5.75 Å². The van der Waals surface area contributed by atoms with Crippen molar-refractivity contribution in [3.63, 3.8) is 0 Å². The van der Waals surface area contributed by atoms with E-state index in [4.69, 9.17) is 4.74 Å². The Morgan fingerprint density at radius 1 is 1.32 bits per heavy atom. The van der Waals surface area contributed by atoms with Crippen LogP contribution in [0.25, 0.3) is 0 Å². The first-order chi connectivity index (χ1) is 8.94. The molecule has 2 rings (SSSR count). The molecule has 0 bridgehead atoms. The summed E-state index contributed by atoms with van der Waals surface area (Å²) in [7, 11) is 0. The summed E-state index contributed by atoms with van der Waals surface area (Å²) >= 11 is 0. The predicted octanol–water partition coefficient (Wildman–Crippen LogP) is 3.46. The Morgan fingerprint density at radius 3 is 2.68 bits per heavy atom. The molecule has 1 aliphatic carbocycles. The predicted molar refractivity (Wildman–Crippen MR) is 78.4 cm³/mol. The van der Waals surface area contributed by atoms with Crippen LogP contribution in [-0.4, -0.2) is 17.1 Å². The van der Waals surface area contributed by atoms with Gasteiger partial charge in [-0.2, -0.15) is 0 Å². The molecule has 0 atom stereocenters. The minimum absolute atomic E-state index is 0.0940. The van der Waals surface area contributed by atoms with Crippen molar-refractivity contribution in [2.75, 3.05) is 6.61 Å². The van der Waals surface area contributed by atoms with E-state index in [0.29, 0.717) is 0 Å². The van der Waals surface area contributed by atoms with Gasteiger partial charge in [-0.05, 0) is 52.2 Å². The highest BCUT2D eigenvalue weighted by Gasteiger charge is 2.21. The molecule has 19 heavy (non-hydrogen) atoms. The Kier molecular flexibility index (Phi) is 4.46. The third-order valence-corrected chi connectivity index (χ3v) is 3.34. The van der Waals surface area contributed by atoms with Gasteiger partial charge in [-0.25, -0.2) is 0 Å². The Balaban J connectivity index is 1.95. The molecule has 0 amide bonds. The van der Waals surface area contributed by atoms with E-state index in [1.807, 2.05) is 13.0 Å². The molecule has 0 aliphatic heterocycles. The molecule has 106 valence electrons. The third-order valence-electron chi connectivity index (χ3n) is 3.34. The fourth-order valence-corrected chi connectivity index (χ4v) is 1.95. The van der Waals surface area contributed by atoms with Crippen LogP contribution in [0, 0.1) is 12.8 Å². The summed E-state index contributed by atoms with van der Waals surface area (Å²) in [4.78, 5) is 4.60. The number of aryl methyl sites for hydroxylation is 1. The van der Waals surface area contributed by atoms with Crippen LogP contribution in [0.4, 0.5) is 0 Å². The average Bonchev–Trinajstić information content (AvgIpc) is 3.12. The Bertz CT molecular complexity index is 419. The van der Waals surface area contributed by atoms with Gasteiger partial charge in [0.25, 0.3) is 0 Å². The van der Waals surface area contributed by atoms with Gasteiger partial charge in [0.2, 0.25) is 0 Å². The average molecular weight is 262 g/mol. The summed E-state index contributed by atoms with van der Waals surface area (Å²) in [6.07, 6.45) is 3.95. The van der Waals surface area contributed by atoms with Crippen molar-refractivity contribution in [2.45, 2.75) is 59.0 Å². The SMILES string of the molecule is Cc1ccc(OCCC2CC2)c(CNC(C)(C)C)n1. The molecule has 3 nitrogen and oxygen atoms in total. The quantitative estimate of drug-likeness (QED) is 0.852. The monoisotopic (exact) mass is 262 g/mol. The lowest BCUT2D eigenvalue weighted by atomic mass is 10.1. The van der Waals surface area contributed by atoms with Crippen LogP contribution < -0.4 is 10.1 Å². The van der Waals surface area contributed by atoms with Crippen LogP contribution in [0.15, 0.2) is 12.1 Å². The molecule has 1 aromatic heterocycles. The Morgan fingerprint density at radius 2 is 2.05 bits per heavy atom. The molecule has 0 radical (unpaired) electrons. The van der Waals surface area contributed by atoms with Gasteiger partial charge < -0.3 is 10.1 Å². The van der Waals surface area contributed by atoms with Gasteiger partial charge in [0, 0.05) is 17.8 Å². The van der Waals surface area contributed by atoms with Crippen LogP contribution in [-0.2, 0) is 6.54 Å². The number of nitrogens with one attached hydrogen (secondary N) is 1. The van der Waals surface area contributed by atoms with Crippen LogP contribution in [0.1, 0.15) is 51.4 Å². The molecule has 3 heteroatoms. The molecule has 1 N–H and O–H groups in total. The van der Waals surface area contributed by atoms with E-state index in [0.717, 1.165) is 36.2 Å². The van der Waals surface area contributed by atoms with Gasteiger partial charge in [-0.15, -0.1) is 0 Å². The maximum absolute atomic E-state index is 5.91. The minimum Gasteiger partial charge on any atom is -0.492 e. The van der Waals surface area contributed by atoms with E-state index in [-0.39, 0.29) is 5.54 Å². The topological polar surface area (TPSA) is 34.1 Å². The van der Waals surface area contributed by atoms with E-state index in [1.54, 1.807) is 0 Å². The highest BCUT2D eigenvalue weighted by Crippen LogP contribution is 2.32. The van der Waals surface area contributed by atoms with E-state index in [1.165, 1.54) is 19.3 Å². The maximum atomic E-state index is 5.91. The number of hydrogen-bond donors (Lipinski definition) is 1. The highest BCUT2D eigenvalue weighted by atomic mass is 16.5. The second-order valence-electron chi connectivity index (χ2n) is 6.58. The molecule has 1 heterocycles. The zero-order valence-electron chi connectivity index (χ0n) is 12.6. The molecule has 1 saturated carbocycles. The van der Waals surface area contributed by atoms with Crippen molar-refractivity contribution in [2.24, 2.45) is 5.92 Å². The van der Waals surface area contributed by atoms with Crippen LogP contribution in [0.3, 0.4) is 0 Å². The van der Waals surface area contributed by atoms with Gasteiger partial charge in [0.15, 0.2) is 0 Å².